The smallest absolute Gasteiger partial charge is 0.411 e. The molecule has 2 aliphatic rings. The summed E-state index contributed by atoms with van der Waals surface area (Å²) in [6, 6.07) is 17.5. The molecule has 2 bridgehead atoms. The minimum atomic E-state index is -0.430. The van der Waals surface area contributed by atoms with Crippen molar-refractivity contribution in [3.05, 3.63) is 71.8 Å². The van der Waals surface area contributed by atoms with Crippen molar-refractivity contribution in [3.8, 4) is 5.75 Å². The van der Waals surface area contributed by atoms with Crippen molar-refractivity contribution < 1.29 is 19.0 Å². The highest BCUT2D eigenvalue weighted by molar-refractivity contribution is 5.84. The molecule has 2 aromatic carbocycles. The summed E-state index contributed by atoms with van der Waals surface area (Å²) in [5.74, 6) is 1.63. The van der Waals surface area contributed by atoms with Gasteiger partial charge in [0.05, 0.1) is 19.8 Å². The van der Waals surface area contributed by atoms with Crippen LogP contribution in [0.25, 0.3) is 0 Å². The predicted molar refractivity (Wildman–Crippen MR) is 121 cm³/mol. The Balaban J connectivity index is 1.51. The number of nitrogens with one attached hydrogen (secondary N) is 1. The number of benzene rings is 2. The molecule has 5 nitrogen and oxygen atoms in total. The first-order valence-corrected chi connectivity index (χ1v) is 10.9. The number of rotatable bonds is 5. The number of para-hydroxylation sites is 1. The minimum absolute atomic E-state index is 0.0177. The fourth-order valence-corrected chi connectivity index (χ4v) is 5.23. The van der Waals surface area contributed by atoms with Gasteiger partial charge in [-0.3, -0.25) is 5.32 Å². The van der Waals surface area contributed by atoms with Gasteiger partial charge in [-0.1, -0.05) is 55.8 Å². The molecule has 5 atom stereocenters. The number of methoxy groups -OCH3 is 1. The van der Waals surface area contributed by atoms with Crippen molar-refractivity contribution in [2.75, 3.05) is 25.6 Å². The van der Waals surface area contributed by atoms with E-state index in [9.17, 15) is 4.79 Å². The third kappa shape index (κ3) is 4.07. The molecule has 1 heterocycles. The molecule has 1 saturated heterocycles. The largest absolute Gasteiger partial charge is 0.497 e. The molecule has 1 amide bonds. The minimum Gasteiger partial charge on any atom is -0.497 e. The van der Waals surface area contributed by atoms with Crippen LogP contribution in [0, 0.1) is 23.2 Å². The maximum Gasteiger partial charge on any atom is 0.411 e. The summed E-state index contributed by atoms with van der Waals surface area (Å²) in [5.41, 5.74) is 2.96. The number of anilines is 1. The number of carbonyl (C=O) groups is 1. The molecule has 5 heteroatoms. The lowest BCUT2D eigenvalue weighted by Gasteiger charge is -2.55. The molecule has 0 spiro atoms. The second-order valence-electron chi connectivity index (χ2n) is 8.82. The van der Waals surface area contributed by atoms with Gasteiger partial charge in [0.25, 0.3) is 0 Å². The van der Waals surface area contributed by atoms with Crippen molar-refractivity contribution in [2.45, 2.75) is 26.9 Å². The number of ether oxygens (including phenoxy) is 3. The van der Waals surface area contributed by atoms with Gasteiger partial charge >= 0.3 is 6.09 Å². The number of fused-ring (bicyclic) bond motifs is 2. The summed E-state index contributed by atoms with van der Waals surface area (Å²) in [6.07, 6.45) is 1.89. The molecule has 1 fully saturated rings. The Morgan fingerprint density at radius 2 is 1.84 bits per heavy atom. The second-order valence-corrected chi connectivity index (χ2v) is 8.82. The van der Waals surface area contributed by atoms with Crippen LogP contribution in [0.15, 0.2) is 66.2 Å². The van der Waals surface area contributed by atoms with E-state index >= 15 is 0 Å². The Bertz CT molecular complexity index is 940. The lowest BCUT2D eigenvalue weighted by molar-refractivity contribution is -0.165. The Morgan fingerprint density at radius 3 is 2.52 bits per heavy atom. The topological polar surface area (TPSA) is 56.8 Å². The van der Waals surface area contributed by atoms with Crippen LogP contribution in [0.5, 0.6) is 5.75 Å². The summed E-state index contributed by atoms with van der Waals surface area (Å²) < 4.78 is 17.5. The normalized spacial score (nSPS) is 29.6. The molecule has 0 aromatic heterocycles. The number of hydrogen-bond acceptors (Lipinski definition) is 4. The van der Waals surface area contributed by atoms with Crippen LogP contribution in [0.2, 0.25) is 0 Å². The number of amides is 1. The average Bonchev–Trinajstić information content (AvgIpc) is 2.77. The zero-order valence-electron chi connectivity index (χ0n) is 18.6. The van der Waals surface area contributed by atoms with Gasteiger partial charge in [0.1, 0.15) is 12.4 Å². The van der Waals surface area contributed by atoms with Gasteiger partial charge in [0.2, 0.25) is 0 Å². The first-order chi connectivity index (χ1) is 14.9. The summed E-state index contributed by atoms with van der Waals surface area (Å²) in [4.78, 5) is 12.4. The van der Waals surface area contributed by atoms with Crippen molar-refractivity contribution in [2.24, 2.45) is 23.2 Å². The van der Waals surface area contributed by atoms with E-state index in [0.717, 1.165) is 17.0 Å². The molecular formula is C26H31NO4. The number of allylic oxidation sites excluding steroid dienone is 1. The highest BCUT2D eigenvalue weighted by Crippen LogP contribution is 2.56. The predicted octanol–water partition coefficient (Wildman–Crippen LogP) is 5.85. The zero-order valence-corrected chi connectivity index (χ0v) is 18.6. The molecule has 0 unspecified atom stereocenters. The molecule has 0 saturated carbocycles. The van der Waals surface area contributed by atoms with Gasteiger partial charge in [0, 0.05) is 17.0 Å². The third-order valence-electron chi connectivity index (χ3n) is 7.19. The van der Waals surface area contributed by atoms with Crippen LogP contribution in [0.3, 0.4) is 0 Å². The van der Waals surface area contributed by atoms with Gasteiger partial charge in [-0.15, -0.1) is 0 Å². The van der Waals surface area contributed by atoms with E-state index in [-0.39, 0.29) is 23.4 Å². The summed E-state index contributed by atoms with van der Waals surface area (Å²) >= 11 is 0. The highest BCUT2D eigenvalue weighted by atomic mass is 16.6. The summed E-state index contributed by atoms with van der Waals surface area (Å²) in [7, 11) is 1.67. The SMILES string of the molecule is COc1ccc([C@@H]2OC[C@@]3(COC(=O)Nc4ccccc4)[C@@H](C)C=C(C)[C@@H]2[C@@H]3C)cc1. The van der Waals surface area contributed by atoms with E-state index in [4.69, 9.17) is 14.2 Å². The summed E-state index contributed by atoms with van der Waals surface area (Å²) in [5, 5.41) is 2.81. The van der Waals surface area contributed by atoms with Gasteiger partial charge < -0.3 is 14.2 Å². The van der Waals surface area contributed by atoms with Crippen molar-refractivity contribution in [1.29, 1.82) is 0 Å². The molecule has 1 N–H and O–H groups in total. The molecule has 2 aromatic rings. The third-order valence-corrected chi connectivity index (χ3v) is 7.19. The van der Waals surface area contributed by atoms with E-state index in [1.807, 2.05) is 42.5 Å². The fourth-order valence-electron chi connectivity index (χ4n) is 5.23. The average molecular weight is 422 g/mol. The Kier molecular flexibility index (Phi) is 6.05. The van der Waals surface area contributed by atoms with Gasteiger partial charge in [-0.2, -0.15) is 0 Å². The van der Waals surface area contributed by atoms with Gasteiger partial charge in [0.15, 0.2) is 0 Å². The molecule has 0 radical (unpaired) electrons. The molecule has 1 aliphatic carbocycles. The van der Waals surface area contributed by atoms with E-state index in [1.165, 1.54) is 5.57 Å². The van der Waals surface area contributed by atoms with Crippen molar-refractivity contribution >= 4 is 11.8 Å². The zero-order chi connectivity index (χ0) is 22.0. The summed E-state index contributed by atoms with van der Waals surface area (Å²) in [6.45, 7) is 7.53. The quantitative estimate of drug-likeness (QED) is 0.615. The highest BCUT2D eigenvalue weighted by Gasteiger charge is 2.54. The van der Waals surface area contributed by atoms with Crippen molar-refractivity contribution in [1.82, 2.24) is 0 Å². The van der Waals surface area contributed by atoms with E-state index in [2.05, 4.69) is 44.3 Å². The van der Waals surface area contributed by atoms with Crippen LogP contribution >= 0.6 is 0 Å². The van der Waals surface area contributed by atoms with Crippen LogP contribution < -0.4 is 10.1 Å². The first kappa shape index (κ1) is 21.4. The molecule has 4 rings (SSSR count). The molecule has 164 valence electrons. The van der Waals surface area contributed by atoms with Gasteiger partial charge in [-0.25, -0.2) is 4.79 Å². The standard InChI is InChI=1S/C26H31NO4/c1-17-14-18(2)26(16-31-25(28)27-21-8-6-5-7-9-21)15-30-24(23(17)19(26)3)20-10-12-22(29-4)13-11-20/h5-14,18-19,23-24H,15-16H2,1-4H3,(H,27,28)/t18-,19-,23+,24-,26+/m0/s1. The lowest BCUT2D eigenvalue weighted by Crippen LogP contribution is -2.54. The Hall–Kier alpha value is -2.79. The monoisotopic (exact) mass is 421 g/mol. The van der Waals surface area contributed by atoms with Crippen LogP contribution in [0.1, 0.15) is 32.4 Å². The second kappa shape index (κ2) is 8.75. The van der Waals surface area contributed by atoms with E-state index in [0.29, 0.717) is 19.1 Å². The van der Waals surface area contributed by atoms with Crippen LogP contribution in [-0.2, 0) is 9.47 Å². The van der Waals surface area contributed by atoms with E-state index < -0.39 is 6.09 Å². The maximum atomic E-state index is 12.4. The molecular weight excluding hydrogens is 390 g/mol. The maximum absolute atomic E-state index is 12.4. The van der Waals surface area contributed by atoms with Crippen molar-refractivity contribution in [3.63, 3.8) is 0 Å². The molecule has 31 heavy (non-hydrogen) atoms. The lowest BCUT2D eigenvalue weighted by atomic mass is 9.56. The van der Waals surface area contributed by atoms with E-state index in [1.54, 1.807) is 7.11 Å². The first-order valence-electron chi connectivity index (χ1n) is 10.9. The number of hydrogen-bond donors (Lipinski definition) is 1. The van der Waals surface area contributed by atoms with Gasteiger partial charge in [-0.05, 0) is 48.6 Å². The number of carbonyl (C=O) groups excluding carboxylic acids is 1. The van der Waals surface area contributed by atoms with Crippen LogP contribution in [0.4, 0.5) is 10.5 Å². The fraction of sp³-hybridized carbons (Fsp3) is 0.423. The van der Waals surface area contributed by atoms with Crippen LogP contribution in [-0.4, -0.2) is 26.4 Å². The Labute approximate surface area is 184 Å². The molecule has 1 aliphatic heterocycles. The Morgan fingerprint density at radius 1 is 1.13 bits per heavy atom.